The van der Waals surface area contributed by atoms with Crippen LogP contribution in [0.2, 0.25) is 0 Å². The molecule has 0 radical (unpaired) electrons. The second kappa shape index (κ2) is 7.44. The molecule has 0 saturated carbocycles. The molecule has 0 fully saturated rings. The molecule has 0 atom stereocenters. The van der Waals surface area contributed by atoms with Crippen molar-refractivity contribution in [2.75, 3.05) is 0 Å². The van der Waals surface area contributed by atoms with Crippen LogP contribution in [-0.2, 0) is 0 Å². The second-order valence-electron chi connectivity index (χ2n) is 11.4. The molecule has 8 aromatic rings. The van der Waals surface area contributed by atoms with E-state index in [2.05, 4.69) is 110 Å². The lowest BCUT2D eigenvalue weighted by molar-refractivity contribution is 1.26. The predicted molar refractivity (Wildman–Crippen MR) is 171 cm³/mol. The van der Waals surface area contributed by atoms with Crippen LogP contribution in [0.15, 0.2) is 115 Å². The molecule has 2 aromatic heterocycles. The van der Waals surface area contributed by atoms with Crippen molar-refractivity contribution in [3.63, 3.8) is 0 Å². The second-order valence-corrected chi connectivity index (χ2v) is 11.4. The molecule has 2 heteroatoms. The van der Waals surface area contributed by atoms with Gasteiger partial charge in [-0.2, -0.15) is 0 Å². The lowest BCUT2D eigenvalue weighted by Crippen LogP contribution is -1.92. The van der Waals surface area contributed by atoms with E-state index in [0.29, 0.717) is 0 Å². The molecule has 0 saturated heterocycles. The SMILES string of the molecule is Cc1cc2c3c(ccc(-c4cc5c6cccc7c6c(cc5c5ccccc45)-c4ncccc4-7)c3n1)-c1ccccc1-2. The van der Waals surface area contributed by atoms with Crippen molar-refractivity contribution in [2.24, 2.45) is 0 Å². The third-order valence-corrected chi connectivity index (χ3v) is 9.24. The zero-order valence-corrected chi connectivity index (χ0v) is 22.4. The van der Waals surface area contributed by atoms with E-state index < -0.39 is 0 Å². The monoisotopic (exact) mass is 518 g/mol. The highest BCUT2D eigenvalue weighted by molar-refractivity contribution is 6.29. The minimum absolute atomic E-state index is 1.04. The van der Waals surface area contributed by atoms with E-state index in [1.54, 1.807) is 0 Å². The van der Waals surface area contributed by atoms with E-state index in [0.717, 1.165) is 16.9 Å². The standard InChI is InChI=1S/C39H22N2/c1-21-18-34-25-11-5-2-8-22(25)28-15-16-30(39(41-21)37(28)34)31-19-33-27-13-6-12-26-29-14-7-17-40-38(29)35(36(26)27)20-32(33)24-10-4-3-9-23(24)31/h2-20H,1H3. The fourth-order valence-corrected chi connectivity index (χ4v) is 7.61. The van der Waals surface area contributed by atoms with Gasteiger partial charge >= 0.3 is 0 Å². The van der Waals surface area contributed by atoms with Crippen LogP contribution >= 0.6 is 0 Å². The molecule has 0 bridgehead atoms. The van der Waals surface area contributed by atoms with E-state index >= 15 is 0 Å². The summed E-state index contributed by atoms with van der Waals surface area (Å²) in [6.45, 7) is 2.11. The minimum atomic E-state index is 1.04. The fraction of sp³-hybridized carbons (Fsp3) is 0.0256. The number of rotatable bonds is 1. The smallest absolute Gasteiger partial charge is 0.0796 e. The minimum Gasteiger partial charge on any atom is -0.256 e. The molecular formula is C39H22N2. The van der Waals surface area contributed by atoms with E-state index in [4.69, 9.17) is 9.97 Å². The number of hydrogen-bond acceptors (Lipinski definition) is 2. The number of aromatic nitrogens is 2. The highest BCUT2D eigenvalue weighted by Crippen LogP contribution is 2.52. The first-order valence-corrected chi connectivity index (χ1v) is 14.2. The summed E-state index contributed by atoms with van der Waals surface area (Å²) in [5, 5.41) is 8.90. The Morgan fingerprint density at radius 2 is 1.07 bits per heavy atom. The highest BCUT2D eigenvalue weighted by Gasteiger charge is 2.27. The van der Waals surface area contributed by atoms with E-state index in [1.165, 1.54) is 87.8 Å². The van der Waals surface area contributed by atoms with Gasteiger partial charge in [0.1, 0.15) is 0 Å². The lowest BCUT2D eigenvalue weighted by Gasteiger charge is -2.16. The zero-order valence-electron chi connectivity index (χ0n) is 22.4. The summed E-state index contributed by atoms with van der Waals surface area (Å²) in [6.07, 6.45) is 1.91. The molecule has 0 amide bonds. The molecule has 2 aliphatic rings. The van der Waals surface area contributed by atoms with Crippen molar-refractivity contribution < 1.29 is 0 Å². The summed E-state index contributed by atoms with van der Waals surface area (Å²) in [5.41, 5.74) is 14.5. The van der Waals surface area contributed by atoms with Crippen LogP contribution in [0, 0.1) is 6.92 Å². The first-order chi connectivity index (χ1) is 20.3. The van der Waals surface area contributed by atoms with Crippen LogP contribution < -0.4 is 0 Å². The topological polar surface area (TPSA) is 25.8 Å². The average Bonchev–Trinajstić information content (AvgIpc) is 3.52. The maximum Gasteiger partial charge on any atom is 0.0796 e. The predicted octanol–water partition coefficient (Wildman–Crippen LogP) is 10.4. The Labute approximate surface area is 236 Å². The van der Waals surface area contributed by atoms with Gasteiger partial charge in [0.25, 0.3) is 0 Å². The van der Waals surface area contributed by atoms with Crippen molar-refractivity contribution >= 4 is 43.2 Å². The molecular weight excluding hydrogens is 496 g/mol. The Kier molecular flexibility index (Phi) is 3.90. The molecule has 2 nitrogen and oxygen atoms in total. The van der Waals surface area contributed by atoms with Gasteiger partial charge < -0.3 is 0 Å². The Morgan fingerprint density at radius 1 is 0.415 bits per heavy atom. The summed E-state index contributed by atoms with van der Waals surface area (Å²) in [4.78, 5) is 10.0. The van der Waals surface area contributed by atoms with Crippen molar-refractivity contribution in [3.8, 4) is 55.8 Å². The number of pyridine rings is 2. The molecule has 188 valence electrons. The number of hydrogen-bond donors (Lipinski definition) is 0. The maximum atomic E-state index is 5.20. The van der Waals surface area contributed by atoms with Crippen molar-refractivity contribution in [2.45, 2.75) is 6.92 Å². The van der Waals surface area contributed by atoms with Crippen LogP contribution in [0.1, 0.15) is 5.69 Å². The number of benzene rings is 6. The van der Waals surface area contributed by atoms with Gasteiger partial charge in [-0.25, -0.2) is 0 Å². The summed E-state index contributed by atoms with van der Waals surface area (Å²) < 4.78 is 0. The lowest BCUT2D eigenvalue weighted by atomic mass is 9.88. The van der Waals surface area contributed by atoms with Gasteiger partial charge in [-0.05, 0) is 96.9 Å². The molecule has 10 rings (SSSR count). The number of fused-ring (bicyclic) bond motifs is 10. The van der Waals surface area contributed by atoms with E-state index in [-0.39, 0.29) is 0 Å². The third kappa shape index (κ3) is 2.63. The molecule has 2 aliphatic carbocycles. The quantitative estimate of drug-likeness (QED) is 0.202. The Hall–Kier alpha value is -5.34. The van der Waals surface area contributed by atoms with Gasteiger partial charge in [0, 0.05) is 34.0 Å². The Balaban J connectivity index is 1.37. The molecule has 0 spiro atoms. The molecule has 6 aromatic carbocycles. The van der Waals surface area contributed by atoms with Crippen LogP contribution in [0.3, 0.4) is 0 Å². The van der Waals surface area contributed by atoms with Gasteiger partial charge in [0.2, 0.25) is 0 Å². The van der Waals surface area contributed by atoms with Crippen molar-refractivity contribution in [1.29, 1.82) is 0 Å². The average molecular weight is 519 g/mol. The number of nitrogens with zero attached hydrogens (tertiary/aromatic N) is 2. The first kappa shape index (κ1) is 21.5. The normalized spacial score (nSPS) is 12.5. The van der Waals surface area contributed by atoms with Crippen LogP contribution in [0.5, 0.6) is 0 Å². The van der Waals surface area contributed by atoms with Gasteiger partial charge in [-0.3, -0.25) is 9.97 Å². The summed E-state index contributed by atoms with van der Waals surface area (Å²) >= 11 is 0. The van der Waals surface area contributed by atoms with Gasteiger partial charge in [-0.15, -0.1) is 0 Å². The summed E-state index contributed by atoms with van der Waals surface area (Å²) in [5.74, 6) is 0. The third-order valence-electron chi connectivity index (χ3n) is 9.24. The molecule has 2 heterocycles. The molecule has 0 aliphatic heterocycles. The van der Waals surface area contributed by atoms with Gasteiger partial charge in [-0.1, -0.05) is 84.9 Å². The van der Waals surface area contributed by atoms with E-state index in [1.807, 2.05) is 12.3 Å². The largest absolute Gasteiger partial charge is 0.256 e. The summed E-state index contributed by atoms with van der Waals surface area (Å²) in [6, 6.07) is 40.2. The molecule has 0 N–H and O–H groups in total. The van der Waals surface area contributed by atoms with Crippen molar-refractivity contribution in [3.05, 3.63) is 121 Å². The molecule has 41 heavy (non-hydrogen) atoms. The first-order valence-electron chi connectivity index (χ1n) is 14.2. The highest BCUT2D eigenvalue weighted by atomic mass is 14.7. The van der Waals surface area contributed by atoms with Gasteiger partial charge in [0.05, 0.1) is 11.2 Å². The van der Waals surface area contributed by atoms with Crippen LogP contribution in [0.25, 0.3) is 99.0 Å². The zero-order chi connectivity index (χ0) is 26.8. The van der Waals surface area contributed by atoms with Crippen LogP contribution in [-0.4, -0.2) is 9.97 Å². The van der Waals surface area contributed by atoms with E-state index in [9.17, 15) is 0 Å². The Morgan fingerprint density at radius 3 is 1.98 bits per heavy atom. The number of aryl methyl sites for hydroxylation is 1. The fourth-order valence-electron chi connectivity index (χ4n) is 7.61. The molecule has 0 unspecified atom stereocenters. The van der Waals surface area contributed by atoms with Crippen LogP contribution in [0.4, 0.5) is 0 Å². The Bertz CT molecular complexity index is 2480. The summed E-state index contributed by atoms with van der Waals surface area (Å²) in [7, 11) is 0. The van der Waals surface area contributed by atoms with Gasteiger partial charge in [0.15, 0.2) is 0 Å². The maximum absolute atomic E-state index is 5.20. The van der Waals surface area contributed by atoms with Crippen molar-refractivity contribution in [1.82, 2.24) is 9.97 Å².